The lowest BCUT2D eigenvalue weighted by Crippen LogP contribution is -2.48. The second-order valence-electron chi connectivity index (χ2n) is 19.8. The van der Waals surface area contributed by atoms with E-state index in [4.69, 9.17) is 21.7 Å². The molecule has 2 aliphatic rings. The number of halogens is 1. The molecule has 2 heterocycles. The molecule has 2 saturated heterocycles. The van der Waals surface area contributed by atoms with E-state index in [-0.39, 0.29) is 41.2 Å². The van der Waals surface area contributed by atoms with Crippen LogP contribution in [0.1, 0.15) is 75.9 Å². The number of carbonyl (C=O) groups is 3. The number of thiocarbonyl (C=S) groups is 1. The predicted molar refractivity (Wildman–Crippen MR) is 304 cm³/mol. The molecule has 2 aliphatic heterocycles. The molecule has 6 aromatic rings. The van der Waals surface area contributed by atoms with E-state index < -0.39 is 11.8 Å². The van der Waals surface area contributed by atoms with Crippen LogP contribution < -0.4 is 31.9 Å². The zero-order valence-electron chi connectivity index (χ0n) is 44.2. The van der Waals surface area contributed by atoms with Crippen molar-refractivity contribution < 1.29 is 28.2 Å². The van der Waals surface area contributed by atoms with Crippen molar-refractivity contribution in [3.8, 4) is 0 Å². The average molecular weight is 1040 g/mol. The van der Waals surface area contributed by atoms with Gasteiger partial charge in [-0.05, 0) is 113 Å². The van der Waals surface area contributed by atoms with Crippen LogP contribution in [0.5, 0.6) is 0 Å². The van der Waals surface area contributed by atoms with Crippen molar-refractivity contribution in [2.45, 2.75) is 77.7 Å². The number of nitrogens with zero attached hydrogens (tertiary/aromatic N) is 2. The summed E-state index contributed by atoms with van der Waals surface area (Å²) in [5, 5.41) is 19.2. The van der Waals surface area contributed by atoms with E-state index in [0.717, 1.165) is 75.6 Å². The molecule has 0 spiro atoms. The predicted octanol–water partition coefficient (Wildman–Crippen LogP) is 11.5. The Kier molecular flexibility index (Phi) is 24.0. The van der Waals surface area contributed by atoms with Crippen LogP contribution in [0.15, 0.2) is 176 Å². The first-order chi connectivity index (χ1) is 36.0. The normalized spacial score (nSPS) is 14.0. The molecule has 6 aromatic carbocycles. The fourth-order valence-corrected chi connectivity index (χ4v) is 7.91. The number of para-hydroxylation sites is 2. The smallest absolute Gasteiger partial charge is 0.410 e. The molecule has 2 atom stereocenters. The SMILES string of the molecule is CC(C)(C)OC(=O)N1CCNCC1.CC(C)(C)OC(=O)N1CCNCC1.O=C(Nc1ccccc1F)NC(Cc1ccccc1)c1ccccc1.S=C(Nc1ccccc1)NC(Cc1ccccc1)c1ccccc1. The standard InChI is InChI=1S/C21H19FN2O.C21H20N2S.2C9H18N2O2/c22-18-13-7-8-14-19(18)23-21(25)24-20(17-11-5-2-6-12-17)15-16-9-3-1-4-10-16;24-21(22-19-14-8-3-9-15-19)23-20(18-12-6-2-7-13-18)16-17-10-4-1-5-11-17;2*1-9(2,3)13-8(12)11-6-4-10-5-7-11/h1-14,20H,15H2,(H2,23,24,25);1-15,20H,16H2,(H2,22,23,24);2*10H,4-7H2,1-3H3. The molecule has 0 aromatic heterocycles. The van der Waals surface area contributed by atoms with Crippen LogP contribution in [0.2, 0.25) is 0 Å². The van der Waals surface area contributed by atoms with Crippen LogP contribution in [0.4, 0.5) is 30.1 Å². The van der Waals surface area contributed by atoms with E-state index in [1.54, 1.807) is 21.9 Å². The quantitative estimate of drug-likeness (QED) is 0.0733. The molecule has 8 rings (SSSR count). The van der Waals surface area contributed by atoms with E-state index in [9.17, 15) is 18.8 Å². The Bertz CT molecular complexity index is 2550. The largest absolute Gasteiger partial charge is 0.444 e. The van der Waals surface area contributed by atoms with Gasteiger partial charge in [0.1, 0.15) is 17.0 Å². The van der Waals surface area contributed by atoms with Crippen molar-refractivity contribution in [2.75, 3.05) is 63.0 Å². The van der Waals surface area contributed by atoms with Crippen LogP contribution in [0, 0.1) is 5.82 Å². The molecule has 0 aliphatic carbocycles. The minimum Gasteiger partial charge on any atom is -0.444 e. The van der Waals surface area contributed by atoms with Gasteiger partial charge in [0.25, 0.3) is 0 Å². The molecule has 0 radical (unpaired) electrons. The van der Waals surface area contributed by atoms with Gasteiger partial charge in [-0.2, -0.15) is 0 Å². The van der Waals surface area contributed by atoms with E-state index in [1.807, 2.05) is 145 Å². The average Bonchev–Trinajstić information content (AvgIpc) is 3.40. The highest BCUT2D eigenvalue weighted by atomic mass is 32.1. The van der Waals surface area contributed by atoms with Crippen LogP contribution in [-0.4, -0.2) is 96.7 Å². The molecule has 2 unspecified atom stereocenters. The lowest BCUT2D eigenvalue weighted by molar-refractivity contribution is 0.0218. The second-order valence-corrected chi connectivity index (χ2v) is 20.2. The molecule has 15 heteroatoms. The first kappa shape index (κ1) is 58.6. The Morgan fingerprint density at radius 2 is 0.880 bits per heavy atom. The number of nitrogens with one attached hydrogen (secondary N) is 6. The summed E-state index contributed by atoms with van der Waals surface area (Å²) in [5.74, 6) is -0.461. The van der Waals surface area contributed by atoms with Gasteiger partial charge < -0.3 is 51.2 Å². The number of hydrogen-bond acceptors (Lipinski definition) is 8. The molecular formula is C60H75FN8O5S. The number of benzene rings is 6. The molecule has 0 bridgehead atoms. The molecule has 13 nitrogen and oxygen atoms in total. The molecule has 2 fully saturated rings. The minimum atomic E-state index is -0.461. The number of anilines is 2. The van der Waals surface area contributed by atoms with Crippen molar-refractivity contribution in [3.05, 3.63) is 204 Å². The summed E-state index contributed by atoms with van der Waals surface area (Å²) >= 11 is 5.51. The first-order valence-electron chi connectivity index (χ1n) is 25.5. The number of piperazine rings is 2. The molecule has 0 saturated carbocycles. The Balaban J connectivity index is 0.000000193. The summed E-state index contributed by atoms with van der Waals surface area (Å²) in [6, 6.07) is 56.1. The highest BCUT2D eigenvalue weighted by Crippen LogP contribution is 2.21. The maximum absolute atomic E-state index is 13.7. The van der Waals surface area contributed by atoms with E-state index in [1.165, 1.54) is 23.3 Å². The fourth-order valence-electron chi connectivity index (χ4n) is 7.65. The van der Waals surface area contributed by atoms with Gasteiger partial charge in [0.15, 0.2) is 5.11 Å². The Morgan fingerprint density at radius 1 is 0.520 bits per heavy atom. The topological polar surface area (TPSA) is 148 Å². The summed E-state index contributed by atoms with van der Waals surface area (Å²) in [6.07, 6.45) is 1.12. The summed E-state index contributed by atoms with van der Waals surface area (Å²) < 4.78 is 24.2. The maximum atomic E-state index is 13.7. The number of hydrogen-bond donors (Lipinski definition) is 6. The number of rotatable bonds is 10. The van der Waals surface area contributed by atoms with Crippen LogP contribution >= 0.6 is 12.2 Å². The summed E-state index contributed by atoms with van der Waals surface area (Å²) in [6.45, 7) is 17.7. The Labute approximate surface area is 449 Å². The lowest BCUT2D eigenvalue weighted by atomic mass is 9.99. The monoisotopic (exact) mass is 1040 g/mol. The van der Waals surface area contributed by atoms with Gasteiger partial charge in [-0.3, -0.25) is 0 Å². The highest BCUT2D eigenvalue weighted by Gasteiger charge is 2.24. The van der Waals surface area contributed by atoms with Gasteiger partial charge in [0.2, 0.25) is 0 Å². The van der Waals surface area contributed by atoms with Crippen LogP contribution in [0.25, 0.3) is 0 Å². The summed E-state index contributed by atoms with van der Waals surface area (Å²) in [4.78, 5) is 38.8. The van der Waals surface area contributed by atoms with Gasteiger partial charge in [0.05, 0.1) is 17.8 Å². The third kappa shape index (κ3) is 23.2. The van der Waals surface area contributed by atoms with E-state index in [0.29, 0.717) is 11.5 Å². The molecule has 75 heavy (non-hydrogen) atoms. The summed E-state index contributed by atoms with van der Waals surface area (Å²) in [5.41, 5.74) is 4.98. The maximum Gasteiger partial charge on any atom is 0.410 e. The molecule has 4 amide bonds. The van der Waals surface area contributed by atoms with Crippen molar-refractivity contribution in [2.24, 2.45) is 0 Å². The molecular weight excluding hydrogens is 964 g/mol. The minimum absolute atomic E-state index is 0.123. The van der Waals surface area contributed by atoms with Gasteiger partial charge in [-0.25, -0.2) is 18.8 Å². The van der Waals surface area contributed by atoms with Crippen molar-refractivity contribution in [3.63, 3.8) is 0 Å². The van der Waals surface area contributed by atoms with Gasteiger partial charge in [0, 0.05) is 58.0 Å². The Morgan fingerprint density at radius 3 is 1.28 bits per heavy atom. The number of urea groups is 1. The van der Waals surface area contributed by atoms with E-state index in [2.05, 4.69) is 80.4 Å². The zero-order chi connectivity index (χ0) is 53.9. The lowest BCUT2D eigenvalue weighted by Gasteiger charge is -2.30. The van der Waals surface area contributed by atoms with E-state index >= 15 is 0 Å². The second kappa shape index (κ2) is 30.8. The third-order valence-corrected chi connectivity index (χ3v) is 11.5. The summed E-state index contributed by atoms with van der Waals surface area (Å²) in [7, 11) is 0. The highest BCUT2D eigenvalue weighted by molar-refractivity contribution is 7.80. The van der Waals surface area contributed by atoms with Gasteiger partial charge in [-0.15, -0.1) is 0 Å². The third-order valence-electron chi connectivity index (χ3n) is 11.3. The van der Waals surface area contributed by atoms with Crippen molar-refractivity contribution in [1.29, 1.82) is 0 Å². The van der Waals surface area contributed by atoms with Gasteiger partial charge in [-0.1, -0.05) is 152 Å². The van der Waals surface area contributed by atoms with Crippen molar-refractivity contribution in [1.82, 2.24) is 31.1 Å². The zero-order valence-corrected chi connectivity index (χ0v) is 45.0. The number of carbonyl (C=O) groups excluding carboxylic acids is 3. The fraction of sp³-hybridized carbons (Fsp3) is 0.333. The number of amides is 4. The molecule has 398 valence electrons. The Hall–Kier alpha value is -7.33. The van der Waals surface area contributed by atoms with Crippen LogP contribution in [0.3, 0.4) is 0 Å². The van der Waals surface area contributed by atoms with Crippen molar-refractivity contribution >= 4 is 46.9 Å². The molecule has 6 N–H and O–H groups in total. The van der Waals surface area contributed by atoms with Crippen LogP contribution in [-0.2, 0) is 22.3 Å². The first-order valence-corrected chi connectivity index (χ1v) is 25.9. The van der Waals surface area contributed by atoms with Gasteiger partial charge >= 0.3 is 18.2 Å². The number of ether oxygens (including phenoxy) is 2.